The summed E-state index contributed by atoms with van der Waals surface area (Å²) in [6, 6.07) is 8.39. The van der Waals surface area contributed by atoms with E-state index in [0.29, 0.717) is 0 Å². The van der Waals surface area contributed by atoms with Crippen LogP contribution in [0.15, 0.2) is 34.3 Å². The maximum Gasteiger partial charge on any atom is 0.103 e. The van der Waals surface area contributed by atoms with Crippen LogP contribution in [0.2, 0.25) is 0 Å². The van der Waals surface area contributed by atoms with Gasteiger partial charge >= 0.3 is 0 Å². The van der Waals surface area contributed by atoms with Gasteiger partial charge in [-0.2, -0.15) is 0 Å². The van der Waals surface area contributed by atoms with Crippen LogP contribution in [0.5, 0.6) is 0 Å². The number of oxime groups is 1. The smallest absolute Gasteiger partial charge is 0.103 e. The molecular formula is C17H26N2O2SY-2. The van der Waals surface area contributed by atoms with Gasteiger partial charge < -0.3 is 17.0 Å². The Kier molecular flexibility index (Phi) is 10.9. The minimum Gasteiger partial charge on any atom is -0.570 e. The molecule has 1 fully saturated rings. The molecule has 0 aliphatic carbocycles. The molecule has 1 heterocycles. The molecule has 6 heteroatoms. The number of hydrogen-bond acceptors (Lipinski definition) is 5. The van der Waals surface area contributed by atoms with Gasteiger partial charge in [0.25, 0.3) is 0 Å². The number of thioether (sulfide) groups is 1. The van der Waals surface area contributed by atoms with Crippen molar-refractivity contribution in [3.63, 3.8) is 0 Å². The molecule has 127 valence electrons. The van der Waals surface area contributed by atoms with E-state index in [-0.39, 0.29) is 45.7 Å². The predicted molar refractivity (Wildman–Crippen MR) is 94.1 cm³/mol. The Bertz CT molecular complexity index is 486. The van der Waals surface area contributed by atoms with Crippen molar-refractivity contribution in [2.45, 2.75) is 24.3 Å². The number of rotatable bonds is 5. The molecule has 0 N–H and O–H groups in total. The number of benzene rings is 1. The van der Waals surface area contributed by atoms with E-state index in [1.165, 1.54) is 4.90 Å². The van der Waals surface area contributed by atoms with Crippen molar-refractivity contribution in [3.8, 4) is 0 Å². The molecule has 23 heavy (non-hydrogen) atoms. The maximum absolute atomic E-state index is 5.44. The van der Waals surface area contributed by atoms with Gasteiger partial charge in [-0.05, 0) is 32.2 Å². The number of ether oxygens (including phenoxy) is 1. The summed E-state index contributed by atoms with van der Waals surface area (Å²) in [6.07, 6.45) is 2.07. The van der Waals surface area contributed by atoms with Crippen molar-refractivity contribution in [3.05, 3.63) is 44.4 Å². The van der Waals surface area contributed by atoms with Crippen molar-refractivity contribution < 1.29 is 42.3 Å². The molecule has 0 spiro atoms. The van der Waals surface area contributed by atoms with E-state index >= 15 is 0 Å². The molecule has 1 aliphatic rings. The van der Waals surface area contributed by atoms with Gasteiger partial charge in [0.1, 0.15) is 5.71 Å². The summed E-state index contributed by atoms with van der Waals surface area (Å²) in [6.45, 7) is 7.64. The second kappa shape index (κ2) is 10.8. The van der Waals surface area contributed by atoms with E-state index in [9.17, 15) is 0 Å². The Balaban J connectivity index is 0.00000242. The predicted octanol–water partition coefficient (Wildman–Crippen LogP) is 3.48. The minimum atomic E-state index is -0.234. The minimum absolute atomic E-state index is 0. The van der Waals surface area contributed by atoms with Crippen LogP contribution in [0.4, 0.5) is 0 Å². The fourth-order valence-corrected chi connectivity index (χ4v) is 3.01. The molecule has 0 amide bonds. The third-order valence-corrected chi connectivity index (χ3v) is 4.64. The molecule has 1 aromatic carbocycles. The average Bonchev–Trinajstić information content (AvgIpc) is 2.53. The molecule has 0 atom stereocenters. The van der Waals surface area contributed by atoms with Crippen molar-refractivity contribution in [1.82, 2.24) is 4.90 Å². The third-order valence-electron chi connectivity index (χ3n) is 3.90. The fourth-order valence-electron chi connectivity index (χ4n) is 2.60. The van der Waals surface area contributed by atoms with Crippen LogP contribution < -0.4 is 0 Å². The molecule has 1 saturated heterocycles. The van der Waals surface area contributed by atoms with Crippen LogP contribution in [-0.4, -0.2) is 48.7 Å². The fraction of sp³-hybridized carbons (Fsp3) is 0.471. The molecule has 2 rings (SSSR count). The molecule has 0 saturated carbocycles. The zero-order valence-electron chi connectivity index (χ0n) is 14.5. The summed E-state index contributed by atoms with van der Waals surface area (Å²) < 4.78 is 5.44. The van der Waals surface area contributed by atoms with Gasteiger partial charge in [-0.3, -0.25) is 4.90 Å². The molecule has 1 aliphatic heterocycles. The maximum atomic E-state index is 5.44. The van der Waals surface area contributed by atoms with Gasteiger partial charge in [-0.1, -0.05) is 12.1 Å². The van der Waals surface area contributed by atoms with Crippen LogP contribution in [0.25, 0.3) is 0 Å². The third kappa shape index (κ3) is 5.82. The molecule has 0 bridgehead atoms. The first-order valence-corrected chi connectivity index (χ1v) is 8.29. The van der Waals surface area contributed by atoms with E-state index in [2.05, 4.69) is 61.5 Å². The van der Waals surface area contributed by atoms with Gasteiger partial charge in [0.05, 0.1) is 18.8 Å². The number of nitrogens with zero attached hydrogens (tertiary/aromatic N) is 2. The summed E-state index contributed by atoms with van der Waals surface area (Å²) >= 11 is 1.73. The largest absolute Gasteiger partial charge is 0.570 e. The molecule has 1 aromatic rings. The molecular weight excluding hydrogens is 385 g/mol. The van der Waals surface area contributed by atoms with Crippen LogP contribution in [0.1, 0.15) is 19.4 Å². The van der Waals surface area contributed by atoms with Crippen LogP contribution in [-0.2, 0) is 42.3 Å². The first kappa shape index (κ1) is 23.1. The number of hydrogen-bond donors (Lipinski definition) is 0. The summed E-state index contributed by atoms with van der Waals surface area (Å²) in [5.74, 6) is 0. The van der Waals surface area contributed by atoms with Crippen LogP contribution in [0, 0.1) is 14.5 Å². The summed E-state index contributed by atoms with van der Waals surface area (Å²) in [5, 5.41) is 4.21. The number of morpholine rings is 1. The van der Waals surface area contributed by atoms with E-state index in [0.717, 1.165) is 37.6 Å². The summed E-state index contributed by atoms with van der Waals surface area (Å²) in [5.41, 5.74) is 1.72. The monoisotopic (exact) mass is 411 g/mol. The van der Waals surface area contributed by atoms with Gasteiger partial charge in [-0.15, -0.1) is 24.0 Å². The molecule has 4 nitrogen and oxygen atoms in total. The van der Waals surface area contributed by atoms with Crippen LogP contribution >= 0.6 is 11.8 Å². The second-order valence-electron chi connectivity index (χ2n) is 5.46. The Hall–Kier alpha value is 0.0639. The standard InChI is InChI=1S/C16H23N2O2S.CH3.Y/c1-16(2,18-9-11-20-12-10-18)15(17-19-3)13-5-7-14(21-4)8-6-13;;/h5-8H,3,9-12H2,1-2,4H3;1H3;/q2*-1;. The van der Waals surface area contributed by atoms with Gasteiger partial charge in [0.15, 0.2) is 0 Å². The summed E-state index contributed by atoms with van der Waals surface area (Å²) in [7, 11) is 3.41. The van der Waals surface area contributed by atoms with Gasteiger partial charge in [0, 0.05) is 56.3 Å². The quantitative estimate of drug-likeness (QED) is 0.322. The van der Waals surface area contributed by atoms with Gasteiger partial charge in [0.2, 0.25) is 0 Å². The molecule has 0 unspecified atom stereocenters. The topological polar surface area (TPSA) is 34.1 Å². The first-order chi connectivity index (χ1) is 10.1. The Morgan fingerprint density at radius 1 is 1.26 bits per heavy atom. The van der Waals surface area contributed by atoms with Crippen LogP contribution in [0.3, 0.4) is 0 Å². The van der Waals surface area contributed by atoms with Gasteiger partial charge in [-0.25, -0.2) is 0 Å². The van der Waals surface area contributed by atoms with Crippen molar-refractivity contribution in [2.75, 3.05) is 32.6 Å². The SMILES string of the molecule is [CH2-]ON=C(c1ccc(SC)cc1)C(C)(C)N1CCOCC1.[CH3-].[Y]. The summed E-state index contributed by atoms with van der Waals surface area (Å²) in [4.78, 5) is 8.47. The normalized spacial score (nSPS) is 16.3. The van der Waals surface area contributed by atoms with Crippen molar-refractivity contribution >= 4 is 17.5 Å². The average molecular weight is 411 g/mol. The second-order valence-corrected chi connectivity index (χ2v) is 6.34. The zero-order valence-corrected chi connectivity index (χ0v) is 18.2. The van der Waals surface area contributed by atoms with E-state index in [4.69, 9.17) is 9.57 Å². The zero-order chi connectivity index (χ0) is 15.3. The molecule has 0 aromatic heterocycles. The Labute approximate surface area is 170 Å². The van der Waals surface area contributed by atoms with E-state index in [1.54, 1.807) is 11.8 Å². The first-order valence-electron chi connectivity index (χ1n) is 7.06. The van der Waals surface area contributed by atoms with Crippen molar-refractivity contribution in [2.24, 2.45) is 5.16 Å². The Morgan fingerprint density at radius 3 is 2.30 bits per heavy atom. The van der Waals surface area contributed by atoms with E-state index < -0.39 is 0 Å². The molecule has 1 radical (unpaired) electrons. The van der Waals surface area contributed by atoms with E-state index in [1.807, 2.05) is 0 Å². The Morgan fingerprint density at radius 2 is 1.83 bits per heavy atom. The van der Waals surface area contributed by atoms with Crippen molar-refractivity contribution in [1.29, 1.82) is 0 Å².